The number of ketones is 1. The van der Waals surface area contributed by atoms with E-state index in [1.165, 1.54) is 0 Å². The van der Waals surface area contributed by atoms with Gasteiger partial charge in [-0.15, -0.1) is 0 Å². The lowest BCUT2D eigenvalue weighted by molar-refractivity contribution is 0.0980. The first-order chi connectivity index (χ1) is 7.79. The molecule has 0 radical (unpaired) electrons. The Bertz CT molecular complexity index is 350. The first kappa shape index (κ1) is 11.2. The SMILES string of the molecule is CCCCC(=O)c1ccc(OC2CC2)cc1. The minimum atomic E-state index is 0.236. The van der Waals surface area contributed by atoms with Crippen molar-refractivity contribution in [2.75, 3.05) is 0 Å². The van der Waals surface area contributed by atoms with Crippen LogP contribution in [0.2, 0.25) is 0 Å². The van der Waals surface area contributed by atoms with Gasteiger partial charge >= 0.3 is 0 Å². The zero-order valence-electron chi connectivity index (χ0n) is 9.74. The lowest BCUT2D eigenvalue weighted by Crippen LogP contribution is -2.00. The van der Waals surface area contributed by atoms with Gasteiger partial charge in [0.1, 0.15) is 5.75 Å². The Balaban J connectivity index is 1.92. The molecule has 1 aromatic rings. The Morgan fingerprint density at radius 1 is 1.31 bits per heavy atom. The highest BCUT2D eigenvalue weighted by Gasteiger charge is 2.23. The maximum atomic E-state index is 11.7. The summed E-state index contributed by atoms with van der Waals surface area (Å²) in [6, 6.07) is 7.54. The molecule has 0 saturated heterocycles. The van der Waals surface area contributed by atoms with Gasteiger partial charge in [-0.2, -0.15) is 0 Å². The summed E-state index contributed by atoms with van der Waals surface area (Å²) in [7, 11) is 0. The predicted molar refractivity (Wildman–Crippen MR) is 63.9 cm³/mol. The largest absolute Gasteiger partial charge is 0.490 e. The lowest BCUT2D eigenvalue weighted by atomic mass is 10.1. The fraction of sp³-hybridized carbons (Fsp3) is 0.500. The van der Waals surface area contributed by atoms with E-state index in [0.29, 0.717) is 12.5 Å². The van der Waals surface area contributed by atoms with Crippen LogP contribution in [0.25, 0.3) is 0 Å². The number of benzene rings is 1. The number of carbonyl (C=O) groups is 1. The normalized spacial score (nSPS) is 14.8. The number of hydrogen-bond acceptors (Lipinski definition) is 2. The molecule has 0 unspecified atom stereocenters. The van der Waals surface area contributed by atoms with Crippen LogP contribution in [0.3, 0.4) is 0 Å². The van der Waals surface area contributed by atoms with Gasteiger partial charge in [0.2, 0.25) is 0 Å². The highest BCUT2D eigenvalue weighted by atomic mass is 16.5. The van der Waals surface area contributed by atoms with E-state index >= 15 is 0 Å². The smallest absolute Gasteiger partial charge is 0.162 e. The molecule has 1 aliphatic rings. The molecule has 0 aliphatic heterocycles. The summed E-state index contributed by atoms with van der Waals surface area (Å²) < 4.78 is 5.63. The van der Waals surface area contributed by atoms with E-state index in [1.807, 2.05) is 24.3 Å². The standard InChI is InChI=1S/C14H18O2/c1-2-3-4-14(15)11-5-7-12(8-6-11)16-13-9-10-13/h5-8,13H,2-4,9-10H2,1H3. The fourth-order valence-corrected chi connectivity index (χ4v) is 1.58. The molecule has 2 nitrogen and oxygen atoms in total. The van der Waals surface area contributed by atoms with Crippen LogP contribution in [0.5, 0.6) is 5.75 Å². The van der Waals surface area contributed by atoms with Gasteiger partial charge in [0.15, 0.2) is 5.78 Å². The summed E-state index contributed by atoms with van der Waals surface area (Å²) in [6.07, 6.45) is 5.43. The summed E-state index contributed by atoms with van der Waals surface area (Å²) in [5, 5.41) is 0. The predicted octanol–water partition coefficient (Wildman–Crippen LogP) is 3.60. The van der Waals surface area contributed by atoms with Crippen molar-refractivity contribution in [1.82, 2.24) is 0 Å². The van der Waals surface area contributed by atoms with Crippen LogP contribution < -0.4 is 4.74 Å². The van der Waals surface area contributed by atoms with Crippen LogP contribution in [0, 0.1) is 0 Å². The highest BCUT2D eigenvalue weighted by molar-refractivity contribution is 5.96. The van der Waals surface area contributed by atoms with Gasteiger partial charge in [0.25, 0.3) is 0 Å². The van der Waals surface area contributed by atoms with E-state index in [9.17, 15) is 4.79 Å². The number of rotatable bonds is 6. The zero-order chi connectivity index (χ0) is 11.4. The molecule has 0 N–H and O–H groups in total. The molecule has 1 aromatic carbocycles. The van der Waals surface area contributed by atoms with Gasteiger partial charge in [-0.05, 0) is 43.5 Å². The number of carbonyl (C=O) groups excluding carboxylic acids is 1. The number of Topliss-reactive ketones (excluding diaryl/α,β-unsaturated/α-hetero) is 1. The topological polar surface area (TPSA) is 26.3 Å². The van der Waals surface area contributed by atoms with E-state index in [0.717, 1.165) is 37.0 Å². The molecule has 1 saturated carbocycles. The second kappa shape index (κ2) is 5.15. The van der Waals surface area contributed by atoms with Crippen molar-refractivity contribution in [3.8, 4) is 5.75 Å². The lowest BCUT2D eigenvalue weighted by Gasteiger charge is -2.05. The highest BCUT2D eigenvalue weighted by Crippen LogP contribution is 2.26. The van der Waals surface area contributed by atoms with Crippen molar-refractivity contribution in [3.05, 3.63) is 29.8 Å². The van der Waals surface area contributed by atoms with Crippen LogP contribution in [0.15, 0.2) is 24.3 Å². The molecular weight excluding hydrogens is 200 g/mol. The Labute approximate surface area is 96.6 Å². The number of unbranched alkanes of at least 4 members (excludes halogenated alkanes) is 1. The molecule has 0 aromatic heterocycles. The monoisotopic (exact) mass is 218 g/mol. The van der Waals surface area contributed by atoms with E-state index in [-0.39, 0.29) is 5.78 Å². The maximum Gasteiger partial charge on any atom is 0.162 e. The third-order valence-electron chi connectivity index (χ3n) is 2.76. The summed E-state index contributed by atoms with van der Waals surface area (Å²) in [5.41, 5.74) is 0.802. The molecule has 1 aliphatic carbocycles. The van der Waals surface area contributed by atoms with E-state index in [4.69, 9.17) is 4.74 Å². The van der Waals surface area contributed by atoms with Crippen molar-refractivity contribution < 1.29 is 9.53 Å². The molecule has 86 valence electrons. The molecule has 2 heteroatoms. The van der Waals surface area contributed by atoms with Crippen molar-refractivity contribution in [1.29, 1.82) is 0 Å². The first-order valence-electron chi connectivity index (χ1n) is 6.09. The van der Waals surface area contributed by atoms with E-state index in [1.54, 1.807) is 0 Å². The first-order valence-corrected chi connectivity index (χ1v) is 6.09. The number of ether oxygens (including phenoxy) is 1. The quantitative estimate of drug-likeness (QED) is 0.682. The molecule has 0 heterocycles. The number of hydrogen-bond donors (Lipinski definition) is 0. The van der Waals surface area contributed by atoms with Gasteiger partial charge in [-0.3, -0.25) is 4.79 Å². The van der Waals surface area contributed by atoms with Gasteiger partial charge < -0.3 is 4.74 Å². The van der Waals surface area contributed by atoms with Crippen LogP contribution in [-0.4, -0.2) is 11.9 Å². The Morgan fingerprint density at radius 2 is 2.00 bits per heavy atom. The second-order valence-electron chi connectivity index (χ2n) is 4.37. The third kappa shape index (κ3) is 3.09. The minimum Gasteiger partial charge on any atom is -0.490 e. The molecule has 0 bridgehead atoms. The van der Waals surface area contributed by atoms with Crippen molar-refractivity contribution >= 4 is 5.78 Å². The molecule has 0 spiro atoms. The van der Waals surface area contributed by atoms with Crippen LogP contribution >= 0.6 is 0 Å². The average Bonchev–Trinajstić information content (AvgIpc) is 3.11. The van der Waals surface area contributed by atoms with Gasteiger partial charge in [0.05, 0.1) is 6.10 Å². The van der Waals surface area contributed by atoms with Crippen molar-refractivity contribution in [2.45, 2.75) is 45.1 Å². The second-order valence-corrected chi connectivity index (χ2v) is 4.37. The average molecular weight is 218 g/mol. The van der Waals surface area contributed by atoms with E-state index in [2.05, 4.69) is 6.92 Å². The molecular formula is C14H18O2. The van der Waals surface area contributed by atoms with Crippen LogP contribution in [0.1, 0.15) is 49.4 Å². The molecule has 2 rings (SSSR count). The summed E-state index contributed by atoms with van der Waals surface area (Å²) in [5.74, 6) is 1.12. The summed E-state index contributed by atoms with van der Waals surface area (Å²) >= 11 is 0. The van der Waals surface area contributed by atoms with Gasteiger partial charge in [-0.25, -0.2) is 0 Å². The fourth-order valence-electron chi connectivity index (χ4n) is 1.58. The Kier molecular flexibility index (Phi) is 3.60. The summed E-state index contributed by atoms with van der Waals surface area (Å²) in [6.45, 7) is 2.10. The van der Waals surface area contributed by atoms with E-state index < -0.39 is 0 Å². The molecule has 0 amide bonds. The van der Waals surface area contributed by atoms with Crippen LogP contribution in [-0.2, 0) is 0 Å². The summed E-state index contributed by atoms with van der Waals surface area (Å²) in [4.78, 5) is 11.7. The molecule has 16 heavy (non-hydrogen) atoms. The van der Waals surface area contributed by atoms with Gasteiger partial charge in [-0.1, -0.05) is 13.3 Å². The molecule has 1 fully saturated rings. The zero-order valence-corrected chi connectivity index (χ0v) is 9.74. The van der Waals surface area contributed by atoms with Crippen molar-refractivity contribution in [3.63, 3.8) is 0 Å². The minimum absolute atomic E-state index is 0.236. The Hall–Kier alpha value is -1.31. The Morgan fingerprint density at radius 3 is 2.56 bits per heavy atom. The van der Waals surface area contributed by atoms with Crippen LogP contribution in [0.4, 0.5) is 0 Å². The molecule has 0 atom stereocenters. The van der Waals surface area contributed by atoms with Gasteiger partial charge in [0, 0.05) is 12.0 Å². The third-order valence-corrected chi connectivity index (χ3v) is 2.76. The van der Waals surface area contributed by atoms with Crippen molar-refractivity contribution in [2.24, 2.45) is 0 Å². The maximum absolute atomic E-state index is 11.7.